The molecule has 0 unspecified atom stereocenters. The van der Waals surface area contributed by atoms with Gasteiger partial charge in [-0.2, -0.15) is 0 Å². The molecule has 5 aliphatic heterocycles. The van der Waals surface area contributed by atoms with Gasteiger partial charge in [0.05, 0.1) is 16.5 Å². The number of carboxylic acid groups (broad SMARTS) is 1. The van der Waals surface area contributed by atoms with Crippen molar-refractivity contribution in [2.45, 2.75) is 69.3 Å². The highest BCUT2D eigenvalue weighted by Gasteiger charge is 2.57. The van der Waals surface area contributed by atoms with Crippen LogP contribution in [0.5, 0.6) is 23.0 Å². The highest BCUT2D eigenvalue weighted by atomic mass is 16.6. The molecule has 0 saturated heterocycles. The maximum absolute atomic E-state index is 14.0. The summed E-state index contributed by atoms with van der Waals surface area (Å²) < 4.78 is 21.1. The summed E-state index contributed by atoms with van der Waals surface area (Å²) in [5, 5.41) is 10.7. The van der Waals surface area contributed by atoms with Crippen molar-refractivity contribution in [1.82, 2.24) is 0 Å². The zero-order chi connectivity index (χ0) is 38.4. The van der Waals surface area contributed by atoms with Gasteiger partial charge in [0.15, 0.2) is 5.60 Å². The van der Waals surface area contributed by atoms with Crippen LogP contribution < -0.4 is 19.3 Å². The van der Waals surface area contributed by atoms with Gasteiger partial charge in [-0.15, -0.1) is 0 Å². The van der Waals surface area contributed by atoms with Crippen molar-refractivity contribution in [3.8, 4) is 23.0 Å². The summed E-state index contributed by atoms with van der Waals surface area (Å²) in [4.78, 5) is 31.6. The summed E-state index contributed by atoms with van der Waals surface area (Å²) in [6.07, 6.45) is 1.85. The van der Waals surface area contributed by atoms with E-state index in [1.165, 1.54) is 0 Å². The lowest BCUT2D eigenvalue weighted by molar-refractivity contribution is 0.0222. The van der Waals surface area contributed by atoms with Gasteiger partial charge in [0.1, 0.15) is 23.0 Å². The van der Waals surface area contributed by atoms with Gasteiger partial charge >= 0.3 is 11.9 Å². The first-order chi connectivity index (χ1) is 26.2. The van der Waals surface area contributed by atoms with Crippen molar-refractivity contribution in [3.63, 3.8) is 0 Å². The van der Waals surface area contributed by atoms with E-state index >= 15 is 0 Å². The van der Waals surface area contributed by atoms with E-state index in [9.17, 15) is 14.7 Å². The van der Waals surface area contributed by atoms with Gasteiger partial charge in [0.25, 0.3) is 0 Å². The fraction of sp³-hybridized carbons (Fsp3) is 0.319. The van der Waals surface area contributed by atoms with E-state index in [1.54, 1.807) is 12.1 Å². The molecule has 10 rings (SSSR count). The quantitative estimate of drug-likeness (QED) is 0.180. The lowest BCUT2D eigenvalue weighted by atomic mass is 9.64. The number of anilines is 2. The van der Waals surface area contributed by atoms with Crippen molar-refractivity contribution in [2.24, 2.45) is 0 Å². The number of carbonyl (C=O) groups excluding carboxylic acids is 1. The Morgan fingerprint density at radius 3 is 1.82 bits per heavy atom. The van der Waals surface area contributed by atoms with Crippen LogP contribution in [0.1, 0.15) is 113 Å². The molecular formula is C47H44N2O6. The Kier molecular flexibility index (Phi) is 6.71. The van der Waals surface area contributed by atoms with E-state index in [2.05, 4.69) is 88.8 Å². The molecule has 8 heteroatoms. The van der Waals surface area contributed by atoms with Crippen molar-refractivity contribution < 1.29 is 28.9 Å². The Bertz CT molecular complexity index is 2550. The SMILES string of the molecule is CN1CCC(C)(C)c2c1ccc1c2Oc2cc3c(cc2[C@@]1(C)c1ccccc1C(=O)O)[C@]1(OC(=O)c2ccccc21)c1ccc2c(c1O3)C(C)(C)CCN2C. The first kappa shape index (κ1) is 33.8. The number of benzene rings is 5. The van der Waals surface area contributed by atoms with Crippen LogP contribution in [0.25, 0.3) is 0 Å². The van der Waals surface area contributed by atoms with Gasteiger partial charge < -0.3 is 29.1 Å². The molecule has 1 N–H and O–H groups in total. The van der Waals surface area contributed by atoms with Crippen LogP contribution >= 0.6 is 0 Å². The van der Waals surface area contributed by atoms with E-state index in [-0.39, 0.29) is 16.4 Å². The Balaban J connectivity index is 1.32. The fourth-order valence-electron chi connectivity index (χ4n) is 10.3. The van der Waals surface area contributed by atoms with Gasteiger partial charge in [0, 0.05) is 83.6 Å². The maximum atomic E-state index is 14.0. The largest absolute Gasteiger partial charge is 0.478 e. The van der Waals surface area contributed by atoms with Crippen LogP contribution in [0.4, 0.5) is 11.4 Å². The summed E-state index contributed by atoms with van der Waals surface area (Å²) in [6.45, 7) is 12.9. The number of carbonyl (C=O) groups is 2. The van der Waals surface area contributed by atoms with Crippen LogP contribution in [0.3, 0.4) is 0 Å². The van der Waals surface area contributed by atoms with Crippen molar-refractivity contribution in [1.29, 1.82) is 0 Å². The van der Waals surface area contributed by atoms with Crippen LogP contribution in [0.2, 0.25) is 0 Å². The molecule has 278 valence electrons. The second kappa shape index (κ2) is 10.9. The predicted molar refractivity (Wildman–Crippen MR) is 212 cm³/mol. The second-order valence-electron chi connectivity index (χ2n) is 17.4. The third-order valence-electron chi connectivity index (χ3n) is 13.4. The van der Waals surface area contributed by atoms with Gasteiger partial charge in [-0.25, -0.2) is 9.59 Å². The molecule has 5 aliphatic rings. The Morgan fingerprint density at radius 1 is 0.636 bits per heavy atom. The summed E-state index contributed by atoms with van der Waals surface area (Å²) in [5.41, 5.74) is 6.77. The number of fused-ring (bicyclic) bond motifs is 12. The summed E-state index contributed by atoms with van der Waals surface area (Å²) in [7, 11) is 4.21. The normalized spacial score (nSPS) is 23.1. The first-order valence-electron chi connectivity index (χ1n) is 19.2. The summed E-state index contributed by atoms with van der Waals surface area (Å²) in [5.74, 6) is 1.14. The van der Waals surface area contributed by atoms with Gasteiger partial charge in [-0.05, 0) is 72.6 Å². The van der Waals surface area contributed by atoms with Crippen LogP contribution in [0.15, 0.2) is 84.9 Å². The minimum atomic E-state index is -1.33. The average molecular weight is 733 g/mol. The fourth-order valence-corrected chi connectivity index (χ4v) is 10.3. The minimum absolute atomic E-state index is 0.211. The number of nitrogens with zero attached hydrogens (tertiary/aromatic N) is 2. The number of aromatic carboxylic acids is 1. The second-order valence-corrected chi connectivity index (χ2v) is 17.4. The number of hydrogen-bond donors (Lipinski definition) is 1. The maximum Gasteiger partial charge on any atom is 0.340 e. The zero-order valence-electron chi connectivity index (χ0n) is 32.3. The van der Waals surface area contributed by atoms with Crippen molar-refractivity contribution in [2.75, 3.05) is 37.0 Å². The third kappa shape index (κ3) is 4.28. The van der Waals surface area contributed by atoms with Gasteiger partial charge in [0.2, 0.25) is 0 Å². The standard InChI is InChI=1S/C47H44N2O6/c1-44(2)20-22-48(6)34-18-16-30-40(38(34)44)53-36-25-37-33(24-32(36)46(30,5)28-14-10-8-12-26(28)42(50)51)47(29-15-11-9-13-27(29)43(52)55-47)31-17-19-35-39(41(31)54-37)45(3,4)21-23-49(35)7/h8-19,24-25H,20-23H2,1-7H3,(H,50,51)/t46-,47+/m0/s1. The van der Waals surface area contributed by atoms with Gasteiger partial charge in [-0.3, -0.25) is 0 Å². The van der Waals surface area contributed by atoms with E-state index in [0.29, 0.717) is 33.9 Å². The molecule has 0 fully saturated rings. The highest BCUT2D eigenvalue weighted by molar-refractivity contribution is 5.97. The third-order valence-corrected chi connectivity index (χ3v) is 13.4. The molecule has 55 heavy (non-hydrogen) atoms. The van der Waals surface area contributed by atoms with Gasteiger partial charge in [-0.1, -0.05) is 70.2 Å². The topological polar surface area (TPSA) is 88.5 Å². The zero-order valence-corrected chi connectivity index (χ0v) is 32.3. The Labute approximate surface area is 321 Å². The number of hydrogen-bond acceptors (Lipinski definition) is 7. The lowest BCUT2D eigenvalue weighted by Gasteiger charge is -2.46. The van der Waals surface area contributed by atoms with Crippen LogP contribution in [-0.4, -0.2) is 44.2 Å². The molecule has 0 aliphatic carbocycles. The molecular weight excluding hydrogens is 689 g/mol. The first-order valence-corrected chi connectivity index (χ1v) is 19.2. The number of ether oxygens (including phenoxy) is 3. The minimum Gasteiger partial charge on any atom is -0.478 e. The molecule has 0 saturated carbocycles. The molecule has 5 aromatic rings. The molecule has 0 aromatic heterocycles. The van der Waals surface area contributed by atoms with Crippen LogP contribution in [-0.2, 0) is 26.6 Å². The Morgan fingerprint density at radius 2 is 1.18 bits per heavy atom. The molecule has 5 aromatic carbocycles. The highest BCUT2D eigenvalue weighted by Crippen LogP contribution is 2.64. The number of rotatable bonds is 2. The molecule has 8 nitrogen and oxygen atoms in total. The van der Waals surface area contributed by atoms with E-state index in [4.69, 9.17) is 14.2 Å². The number of esters is 1. The molecule has 5 heterocycles. The smallest absolute Gasteiger partial charge is 0.340 e. The van der Waals surface area contributed by atoms with E-state index < -0.39 is 23.0 Å². The van der Waals surface area contributed by atoms with Crippen molar-refractivity contribution in [3.05, 3.63) is 141 Å². The van der Waals surface area contributed by atoms with E-state index in [1.807, 2.05) is 42.5 Å². The summed E-state index contributed by atoms with van der Waals surface area (Å²) >= 11 is 0. The molecule has 1 spiro atoms. The average Bonchev–Trinajstić information content (AvgIpc) is 3.46. The molecule has 0 radical (unpaired) electrons. The number of carboxylic acids is 1. The monoisotopic (exact) mass is 732 g/mol. The lowest BCUT2D eigenvalue weighted by Crippen LogP contribution is -2.40. The molecule has 0 amide bonds. The molecule has 0 bridgehead atoms. The van der Waals surface area contributed by atoms with E-state index in [0.717, 1.165) is 76.4 Å². The predicted octanol–water partition coefficient (Wildman–Crippen LogP) is 9.65. The van der Waals surface area contributed by atoms with Crippen molar-refractivity contribution >= 4 is 23.3 Å². The Hall–Kier alpha value is -5.76. The summed E-state index contributed by atoms with van der Waals surface area (Å²) in [6, 6.07) is 27.3. The van der Waals surface area contributed by atoms with Crippen LogP contribution in [0, 0.1) is 0 Å². The molecule has 2 atom stereocenters.